The Kier molecular flexibility index (Phi) is 35.3. The number of nitrogens with two attached hydrogens (primary N) is 1. The molecule has 20 nitrogen and oxygen atoms in total. The summed E-state index contributed by atoms with van der Waals surface area (Å²) in [5, 5.41) is 41.5. The van der Waals surface area contributed by atoms with Crippen LogP contribution < -0.4 is 11.4 Å². The maximum atomic E-state index is 12.9. The number of carbonyl (C=O) groups excluding carboxylic acids is 2. The highest BCUT2D eigenvalue weighted by Crippen LogP contribution is 2.60. The van der Waals surface area contributed by atoms with Gasteiger partial charge in [0.2, 0.25) is 0 Å². The molecule has 2 heterocycles. The molecule has 8 N–H and O–H groups in total. The summed E-state index contributed by atoms with van der Waals surface area (Å²) in [5.74, 6) is -1.52. The lowest BCUT2D eigenvalue weighted by Gasteiger charge is -2.21. The molecule has 0 aromatic carbocycles. The number of nitrogen functional groups attached to an aromatic ring is 1. The molecule has 0 amide bonds. The van der Waals surface area contributed by atoms with E-state index < -0.39 is 95.9 Å². The third-order valence-electron chi connectivity index (χ3n) is 11.5. The molecule has 0 bridgehead atoms. The van der Waals surface area contributed by atoms with Crippen molar-refractivity contribution in [3.05, 3.63) is 95.7 Å². The fourth-order valence-corrected chi connectivity index (χ4v) is 9.37. The van der Waals surface area contributed by atoms with Crippen molar-refractivity contribution in [2.45, 2.75) is 198 Å². The third-order valence-corrected chi connectivity index (χ3v) is 14.1. The van der Waals surface area contributed by atoms with E-state index in [0.717, 1.165) is 75.0 Å². The molecule has 1 fully saturated rings. The Morgan fingerprint density at radius 1 is 0.703 bits per heavy atom. The van der Waals surface area contributed by atoms with Gasteiger partial charge in [-0.1, -0.05) is 138 Å². The number of hydrogen-bond donors (Lipinski definition) is 7. The van der Waals surface area contributed by atoms with E-state index in [2.05, 4.69) is 59.6 Å². The number of rotatable bonds is 42. The van der Waals surface area contributed by atoms with Gasteiger partial charge in [-0.2, -0.15) is 9.29 Å². The Bertz CT molecular complexity index is 2060. The number of nitrogens with zero attached hydrogens (tertiary/aromatic N) is 2. The summed E-state index contributed by atoms with van der Waals surface area (Å²) < 4.78 is 56.6. The Morgan fingerprint density at radius 3 is 1.86 bits per heavy atom. The molecule has 0 aliphatic carbocycles. The average molecular weight is 1090 g/mol. The van der Waals surface area contributed by atoms with Crippen molar-refractivity contribution in [3.63, 3.8) is 0 Å². The second-order valence-electron chi connectivity index (χ2n) is 18.0. The van der Waals surface area contributed by atoms with E-state index in [1.165, 1.54) is 25.3 Å². The first-order valence-electron chi connectivity index (χ1n) is 26.1. The Balaban J connectivity index is 1.86. The minimum absolute atomic E-state index is 0.00904. The van der Waals surface area contributed by atoms with E-state index in [-0.39, 0.29) is 25.1 Å². The van der Waals surface area contributed by atoms with Gasteiger partial charge < -0.3 is 50.2 Å². The molecule has 74 heavy (non-hydrogen) atoms. The van der Waals surface area contributed by atoms with Gasteiger partial charge in [0.05, 0.1) is 25.4 Å². The predicted molar refractivity (Wildman–Crippen MR) is 282 cm³/mol. The van der Waals surface area contributed by atoms with Crippen LogP contribution in [0.5, 0.6) is 0 Å². The molecule has 1 aliphatic rings. The molecule has 22 heteroatoms. The maximum Gasteiger partial charge on any atom is 0.481 e. The predicted octanol–water partition coefficient (Wildman–Crippen LogP) is 8.83. The van der Waals surface area contributed by atoms with Gasteiger partial charge in [-0.05, 0) is 83.1 Å². The van der Waals surface area contributed by atoms with Crippen molar-refractivity contribution in [1.29, 1.82) is 0 Å². The van der Waals surface area contributed by atoms with E-state index in [4.69, 9.17) is 29.0 Å². The van der Waals surface area contributed by atoms with Gasteiger partial charge in [0.25, 0.3) is 0 Å². The second-order valence-corrected chi connectivity index (χ2v) is 21.0. The number of phosphoric ester groups is 2. The van der Waals surface area contributed by atoms with Gasteiger partial charge in [-0.15, -0.1) is 0 Å². The first kappa shape index (κ1) is 66.2. The zero-order valence-electron chi connectivity index (χ0n) is 43.3. The average Bonchev–Trinajstić information content (AvgIpc) is 3.63. The summed E-state index contributed by atoms with van der Waals surface area (Å²) in [7, 11) is -10.9. The van der Waals surface area contributed by atoms with Gasteiger partial charge in [0.15, 0.2) is 12.3 Å². The first-order valence-corrected chi connectivity index (χ1v) is 29.1. The Labute approximate surface area is 437 Å². The zero-order chi connectivity index (χ0) is 54.5. The monoisotopic (exact) mass is 1090 g/mol. The standard InChI is InChI=1S/C52H85N3O17P2/c1-3-5-7-9-11-12-13-14-15-16-17-18-19-20-21-22-23-27-32-36-48(59)70-42(39-67-47(58)35-31-28-24-26-30-34-44(57)43(56)33-29-25-10-8-6-4-2)40-68-73(63,64)72-74(65,66)69-41-45-49(60)50(61)51(71-45)55-38-37-46(53)54-52(55)62/h11-12,14-15,17-18,20-21,23,25,27,29,37-38,42-45,49-51,56-57,60-61H,3-10,13,16,19,22,24,26,28,30-36,39-41H2,1-2H3,(H,63,64)(H,65,66)(H2,53,54,62)/b12-11-,15-14-,18-17-,21-20-,27-23-,29-25-/t42-,43-,44-,45-,49-,50-,51-/m1/s1. The number of hydrogen-bond acceptors (Lipinski definition) is 17. The van der Waals surface area contributed by atoms with Crippen LogP contribution in [-0.4, -0.2) is 108 Å². The maximum absolute atomic E-state index is 12.9. The highest BCUT2D eigenvalue weighted by molar-refractivity contribution is 7.61. The van der Waals surface area contributed by atoms with Crippen molar-refractivity contribution in [1.82, 2.24) is 9.55 Å². The highest BCUT2D eigenvalue weighted by Gasteiger charge is 2.46. The Morgan fingerprint density at radius 2 is 1.26 bits per heavy atom. The quantitative estimate of drug-likeness (QED) is 0.0139. The van der Waals surface area contributed by atoms with Crippen LogP contribution in [0, 0.1) is 0 Å². The number of carbonyl (C=O) groups is 2. The largest absolute Gasteiger partial charge is 0.481 e. The van der Waals surface area contributed by atoms with Gasteiger partial charge in [0.1, 0.15) is 30.7 Å². The summed E-state index contributed by atoms with van der Waals surface area (Å²) in [6.45, 7) is 1.84. The summed E-state index contributed by atoms with van der Waals surface area (Å²) in [6, 6.07) is 1.23. The molecule has 1 aliphatic heterocycles. The molecule has 9 atom stereocenters. The molecule has 2 unspecified atom stereocenters. The van der Waals surface area contributed by atoms with E-state index in [1.54, 1.807) is 6.08 Å². The number of unbranched alkanes of at least 4 members (excludes halogenated alkanes) is 10. The van der Waals surface area contributed by atoms with Gasteiger partial charge in [0, 0.05) is 19.0 Å². The van der Waals surface area contributed by atoms with Crippen LogP contribution in [-0.2, 0) is 46.3 Å². The van der Waals surface area contributed by atoms with Crippen molar-refractivity contribution in [3.8, 4) is 0 Å². The number of ether oxygens (including phenoxy) is 3. The van der Waals surface area contributed by atoms with Crippen LogP contribution in [0.3, 0.4) is 0 Å². The normalized spacial score (nSPS) is 20.3. The van der Waals surface area contributed by atoms with Crippen LogP contribution in [0.2, 0.25) is 0 Å². The SMILES string of the molecule is CCCCC/C=C\C/C=C\C/C=C\C/C=C\C/C=C\CCC(=O)O[C@H](COC(=O)CCCCCCC[C@@H](O)[C@H](O)C/C=C\CCCCC)COP(=O)(O)OP(=O)(O)OC[C@H]1O[C@@H](n2ccc(N)nc2=O)[C@H](O)[C@@H]1O. The number of esters is 2. The van der Waals surface area contributed by atoms with Crippen molar-refractivity contribution < 1.29 is 76.5 Å². The Hall–Kier alpha value is -3.88. The van der Waals surface area contributed by atoms with Crippen LogP contribution >= 0.6 is 15.6 Å². The van der Waals surface area contributed by atoms with Crippen LogP contribution in [0.4, 0.5) is 5.82 Å². The summed E-state index contributed by atoms with van der Waals surface area (Å²) in [4.78, 5) is 61.9. The summed E-state index contributed by atoms with van der Waals surface area (Å²) >= 11 is 0. The van der Waals surface area contributed by atoms with Crippen LogP contribution in [0.1, 0.15) is 161 Å². The van der Waals surface area contributed by atoms with Crippen LogP contribution in [0.15, 0.2) is 90.0 Å². The van der Waals surface area contributed by atoms with E-state index in [0.29, 0.717) is 38.5 Å². The fourth-order valence-electron chi connectivity index (χ4n) is 7.26. The first-order chi connectivity index (χ1) is 35.5. The van der Waals surface area contributed by atoms with Gasteiger partial charge >= 0.3 is 33.3 Å². The van der Waals surface area contributed by atoms with Crippen molar-refractivity contribution in [2.75, 3.05) is 25.6 Å². The zero-order valence-corrected chi connectivity index (χ0v) is 45.1. The number of phosphoric acid groups is 2. The lowest BCUT2D eigenvalue weighted by atomic mass is 10.0. The minimum atomic E-state index is -5.48. The van der Waals surface area contributed by atoms with E-state index >= 15 is 0 Å². The van der Waals surface area contributed by atoms with Crippen molar-refractivity contribution in [2.24, 2.45) is 0 Å². The topological polar surface area (TPSA) is 306 Å². The molecular weight excluding hydrogens is 1000 g/mol. The lowest BCUT2D eigenvalue weighted by molar-refractivity contribution is -0.161. The lowest BCUT2D eigenvalue weighted by Crippen LogP contribution is -2.36. The number of aromatic nitrogens is 2. The second kappa shape index (κ2) is 39.5. The smallest absolute Gasteiger partial charge is 0.462 e. The molecule has 1 aromatic heterocycles. The molecule has 1 saturated heterocycles. The van der Waals surface area contributed by atoms with Gasteiger partial charge in [-0.25, -0.2) is 13.9 Å². The van der Waals surface area contributed by atoms with E-state index in [9.17, 15) is 53.7 Å². The van der Waals surface area contributed by atoms with Gasteiger partial charge in [-0.3, -0.25) is 23.2 Å². The number of aliphatic hydroxyl groups excluding tert-OH is 4. The molecule has 0 saturated carbocycles. The molecule has 2 rings (SSSR count). The summed E-state index contributed by atoms with van der Waals surface area (Å²) in [6.07, 6.45) is 33.0. The number of aliphatic hydroxyl groups is 4. The van der Waals surface area contributed by atoms with Crippen LogP contribution in [0.25, 0.3) is 0 Å². The third kappa shape index (κ3) is 31.2. The fraction of sp³-hybridized carbons (Fsp3) is 0.654. The molecule has 1 aromatic rings. The molecule has 0 radical (unpaired) electrons. The minimum Gasteiger partial charge on any atom is -0.462 e. The molecular formula is C52H85N3O17P2. The molecule has 0 spiro atoms. The highest BCUT2D eigenvalue weighted by atomic mass is 31.3. The van der Waals surface area contributed by atoms with E-state index in [1.807, 2.05) is 30.4 Å². The summed E-state index contributed by atoms with van der Waals surface area (Å²) in [5.41, 5.74) is 4.57. The number of allylic oxidation sites excluding steroid dienone is 11. The number of anilines is 1. The van der Waals surface area contributed by atoms with Crippen molar-refractivity contribution >= 4 is 33.4 Å². The molecule has 420 valence electrons.